The van der Waals surface area contributed by atoms with Crippen molar-refractivity contribution < 1.29 is 133 Å². The number of nitrogens with zero attached hydrogens (tertiary/aromatic N) is 8. The van der Waals surface area contributed by atoms with Gasteiger partial charge in [-0.05, 0) is 58.9 Å². The van der Waals surface area contributed by atoms with Crippen LogP contribution in [0, 0.1) is 11.3 Å². The maximum atomic E-state index is 14.1. The second-order valence-corrected chi connectivity index (χ2v) is 16.9. The van der Waals surface area contributed by atoms with Crippen molar-refractivity contribution in [2.45, 2.75) is 27.7 Å². The number of rotatable bonds is 12. The normalized spacial score (nSPS) is 12.2. The molecule has 1 atom stereocenters. The number of hydrogen-bond acceptors (Lipinski definition) is 20. The Hall–Kier alpha value is -2.62. The number of nitriles is 1. The molecule has 0 saturated carbocycles. The van der Waals surface area contributed by atoms with Crippen molar-refractivity contribution in [1.82, 2.24) is 24.9 Å². The van der Waals surface area contributed by atoms with Crippen LogP contribution in [0.25, 0.3) is 21.5 Å². The van der Waals surface area contributed by atoms with Crippen molar-refractivity contribution in [3.05, 3.63) is 75.8 Å². The molecule has 0 spiro atoms. The summed E-state index contributed by atoms with van der Waals surface area (Å²) in [6, 6.07) is 11.5. The van der Waals surface area contributed by atoms with Crippen molar-refractivity contribution >= 4 is 122 Å². The van der Waals surface area contributed by atoms with Crippen molar-refractivity contribution in [2.75, 3.05) is 22.5 Å². The minimum atomic E-state index is -5.61. The van der Waals surface area contributed by atoms with Gasteiger partial charge in [-0.25, -0.2) is 16.8 Å². The second-order valence-electron chi connectivity index (χ2n) is 11.8. The molecule has 2 heterocycles. The van der Waals surface area contributed by atoms with Gasteiger partial charge >= 0.3 is 88.7 Å². The molecule has 300 valence electrons. The summed E-state index contributed by atoms with van der Waals surface area (Å²) in [6.45, 7) is 1.73. The first-order chi connectivity index (χ1) is 27.1. The average molecular weight is 977 g/mol. The summed E-state index contributed by atoms with van der Waals surface area (Å²) >= 11 is 18.1. The Morgan fingerprint density at radius 1 is 0.820 bits per heavy atom. The van der Waals surface area contributed by atoms with Crippen molar-refractivity contribution in [1.29, 1.82) is 5.26 Å². The van der Waals surface area contributed by atoms with Gasteiger partial charge in [0.15, 0.2) is 10.3 Å². The van der Waals surface area contributed by atoms with E-state index in [0.29, 0.717) is 23.6 Å². The van der Waals surface area contributed by atoms with Gasteiger partial charge in [-0.15, -0.1) is 10.2 Å². The van der Waals surface area contributed by atoms with Gasteiger partial charge in [0, 0.05) is 23.7 Å². The third kappa shape index (κ3) is 12.3. The molecule has 0 saturated heterocycles. The van der Waals surface area contributed by atoms with Crippen LogP contribution in [0.5, 0.6) is 5.75 Å². The van der Waals surface area contributed by atoms with E-state index in [1.54, 1.807) is 19.1 Å². The number of nitrogens with one attached hydrogen (secondary N) is 3. The summed E-state index contributed by atoms with van der Waals surface area (Å²) in [6.07, 6.45) is 0. The second kappa shape index (κ2) is 20.9. The van der Waals surface area contributed by atoms with E-state index in [1.165, 1.54) is 24.3 Å². The number of aromatic nitrogens is 5. The van der Waals surface area contributed by atoms with Crippen LogP contribution in [-0.4, -0.2) is 76.4 Å². The molecule has 30 heteroatoms. The number of hydrogen-bond donors (Lipinski definition) is 4. The van der Waals surface area contributed by atoms with Crippen LogP contribution in [0.2, 0.25) is 15.6 Å². The van der Waals surface area contributed by atoms with Crippen LogP contribution in [-0.2, 0) is 30.4 Å². The first kappa shape index (κ1) is 52.7. The Morgan fingerprint density at radius 3 is 2.07 bits per heavy atom. The molecule has 1 unspecified atom stereocenters. The molecule has 0 bridgehead atoms. The molecule has 6 aromatic rings. The molecule has 0 aliphatic rings. The summed E-state index contributed by atoms with van der Waals surface area (Å²) in [4.78, 5) is 16.9. The Labute approximate surface area is 427 Å². The van der Waals surface area contributed by atoms with E-state index < -0.39 is 95.9 Å². The fraction of sp³-hybridized carbons (Fsp3) is 0.0968. The van der Waals surface area contributed by atoms with E-state index in [4.69, 9.17) is 40.1 Å². The van der Waals surface area contributed by atoms with Crippen molar-refractivity contribution in [3.8, 4) is 11.8 Å². The van der Waals surface area contributed by atoms with E-state index in [0.717, 1.165) is 6.07 Å². The van der Waals surface area contributed by atoms with Gasteiger partial charge in [0.2, 0.25) is 23.1 Å². The number of anilines is 4. The van der Waals surface area contributed by atoms with E-state index in [-0.39, 0.29) is 128 Å². The fourth-order valence-corrected chi connectivity index (χ4v) is 7.99. The van der Waals surface area contributed by atoms with Crippen LogP contribution in [0.3, 0.4) is 0 Å². The molecular formula is C31H19Cl3N11Na3O10S3. The average Bonchev–Trinajstić information content (AvgIpc) is 3.11. The zero-order chi connectivity index (χ0) is 42.3. The summed E-state index contributed by atoms with van der Waals surface area (Å²) in [5.41, 5.74) is -2.35. The Bertz CT molecular complexity index is 3090. The Kier molecular flexibility index (Phi) is 18.1. The topological polar surface area (TPSA) is 341 Å². The predicted octanol–water partition coefficient (Wildman–Crippen LogP) is -3.99. The monoisotopic (exact) mass is 975 g/mol. The maximum absolute atomic E-state index is 14.1. The van der Waals surface area contributed by atoms with Gasteiger partial charge in [-0.2, -0.15) is 38.6 Å². The first-order valence-electron chi connectivity index (χ1n) is 15.6. The zero-order valence-corrected chi connectivity index (χ0v) is 42.3. The van der Waals surface area contributed by atoms with Gasteiger partial charge in [0.05, 0.1) is 15.5 Å². The fourth-order valence-electron chi connectivity index (χ4n) is 5.34. The molecule has 0 fully saturated rings. The third-order valence-electron chi connectivity index (χ3n) is 7.77. The number of fused-ring (bicyclic) bond motifs is 2. The van der Waals surface area contributed by atoms with Gasteiger partial charge in [-0.3, -0.25) is 4.55 Å². The minimum absolute atomic E-state index is 0. The Morgan fingerprint density at radius 2 is 1.46 bits per heavy atom. The number of halogens is 3. The van der Waals surface area contributed by atoms with Crippen LogP contribution in [0.1, 0.15) is 12.5 Å². The van der Waals surface area contributed by atoms with Gasteiger partial charge in [0.1, 0.15) is 42.5 Å². The number of benzene rings is 4. The first-order valence-corrected chi connectivity index (χ1v) is 21.0. The molecule has 21 nitrogen and oxygen atoms in total. The standard InChI is InChI=1S/C31H22Cl3N11O10S3.3Na/c1-13(12-36-29-39-26(32)18(11-35)27(33)40-29)37-30-41-28(34)42-31(43-30)38-20-10-16(56(47,48)49)8-15-9-21(57(50,51)52)23(24(46)22(15)20)45-44-19-7-6-14-4-2-3-5-17(14)25(19)58(53,54)55;;;/h2-10,13,46H,12H2,1H3,(H,36,39,40)(H,47,48,49)(H,50,51,52)(H,53,54,55)(H2,37,38,41,42,43);;;/q;3*+1/p-3. The van der Waals surface area contributed by atoms with Crippen LogP contribution in [0.4, 0.5) is 34.9 Å². The summed E-state index contributed by atoms with van der Waals surface area (Å²) in [5.74, 6) is -2.02. The smallest absolute Gasteiger partial charge is 0.870 e. The van der Waals surface area contributed by atoms with Gasteiger partial charge in [0.25, 0.3) is 10.1 Å². The molecule has 2 aromatic heterocycles. The van der Waals surface area contributed by atoms with Crippen molar-refractivity contribution in [3.63, 3.8) is 0 Å². The summed E-state index contributed by atoms with van der Waals surface area (Å²) < 4.78 is 109. The van der Waals surface area contributed by atoms with E-state index in [1.807, 2.05) is 0 Å². The minimum Gasteiger partial charge on any atom is -0.870 e. The SMILES string of the molecule is CC(CNc1nc(Cl)c(C#N)c(Cl)n1)Nc1nc(Cl)nc(Nc2cc(S(=O)(=O)[O-])cc3cc(S(=O)(=O)[O-])c(N=Nc4ccc5ccccc5c4S(=O)(=O)O)c([O-])c23)n1.[Na+].[Na+].[Na+]. The third-order valence-corrected chi connectivity index (χ3v) is 11.1. The molecule has 0 aliphatic heterocycles. The molecule has 4 aromatic carbocycles. The molecule has 0 radical (unpaired) electrons. The predicted molar refractivity (Wildman–Crippen MR) is 204 cm³/mol. The summed E-state index contributed by atoms with van der Waals surface area (Å²) in [7, 11) is -15.9. The molecule has 0 aliphatic carbocycles. The van der Waals surface area contributed by atoms with E-state index in [2.05, 4.69) is 51.1 Å². The largest absolute Gasteiger partial charge is 1.00 e. The summed E-state index contributed by atoms with van der Waals surface area (Å²) in [5, 5.41) is 37.3. The quantitative estimate of drug-likeness (QED) is 0.0393. The molecule has 6 rings (SSSR count). The van der Waals surface area contributed by atoms with Crippen LogP contribution < -0.4 is 110 Å². The van der Waals surface area contributed by atoms with E-state index >= 15 is 0 Å². The molecule has 4 N–H and O–H groups in total. The molecule has 61 heavy (non-hydrogen) atoms. The molecular weight excluding hydrogens is 958 g/mol. The van der Waals surface area contributed by atoms with E-state index in [9.17, 15) is 44.0 Å². The molecule has 0 amide bonds. The number of azo groups is 1. The zero-order valence-electron chi connectivity index (χ0n) is 31.5. The van der Waals surface area contributed by atoms with Crippen LogP contribution in [0.15, 0.2) is 79.5 Å². The Balaban J connectivity index is 0.00000331. The van der Waals surface area contributed by atoms with Gasteiger partial charge < -0.3 is 30.2 Å². The van der Waals surface area contributed by atoms with Crippen LogP contribution >= 0.6 is 34.8 Å². The van der Waals surface area contributed by atoms with Crippen molar-refractivity contribution in [2.24, 2.45) is 10.2 Å². The maximum Gasteiger partial charge on any atom is 1.00 e. The van der Waals surface area contributed by atoms with Gasteiger partial charge in [-0.1, -0.05) is 59.3 Å².